The number of rotatable bonds is 5. The van der Waals surface area contributed by atoms with Crippen molar-refractivity contribution in [2.75, 3.05) is 19.6 Å². The Bertz CT molecular complexity index is 496. The second kappa shape index (κ2) is 7.89. The van der Waals surface area contributed by atoms with E-state index in [0.29, 0.717) is 24.6 Å². The van der Waals surface area contributed by atoms with Crippen LogP contribution in [0.1, 0.15) is 36.7 Å². The molecule has 22 heavy (non-hydrogen) atoms. The van der Waals surface area contributed by atoms with Gasteiger partial charge in [-0.2, -0.15) is 0 Å². The van der Waals surface area contributed by atoms with E-state index in [1.165, 1.54) is 0 Å². The molecular weight excluding hydrogens is 280 g/mol. The fourth-order valence-electron chi connectivity index (χ4n) is 2.62. The van der Waals surface area contributed by atoms with Crippen LogP contribution in [0.3, 0.4) is 0 Å². The van der Waals surface area contributed by atoms with E-state index in [-0.39, 0.29) is 17.9 Å². The molecule has 1 aromatic rings. The molecule has 0 bridgehead atoms. The zero-order chi connectivity index (χ0) is 15.9. The van der Waals surface area contributed by atoms with E-state index in [0.717, 1.165) is 25.9 Å². The van der Waals surface area contributed by atoms with Crippen LogP contribution in [-0.4, -0.2) is 47.4 Å². The molecule has 0 aromatic carbocycles. The van der Waals surface area contributed by atoms with Gasteiger partial charge < -0.3 is 16.0 Å². The minimum Gasteiger partial charge on any atom is -0.350 e. The molecule has 0 saturated carbocycles. The van der Waals surface area contributed by atoms with Crippen molar-refractivity contribution in [3.63, 3.8) is 0 Å². The topological polar surface area (TPSA) is 88.3 Å². The number of carbonyl (C=O) groups excluding carboxylic acids is 2. The number of pyridine rings is 1. The van der Waals surface area contributed by atoms with Crippen molar-refractivity contribution in [1.82, 2.24) is 15.2 Å². The van der Waals surface area contributed by atoms with Crippen LogP contribution in [0.15, 0.2) is 24.4 Å². The molecule has 1 saturated heterocycles. The normalized spacial score (nSPS) is 17.1. The minimum atomic E-state index is -0.143. The number of piperidine rings is 1. The molecular formula is C16H24N4O2. The molecule has 0 aliphatic carbocycles. The van der Waals surface area contributed by atoms with Gasteiger partial charge >= 0.3 is 0 Å². The van der Waals surface area contributed by atoms with Gasteiger partial charge in [0, 0.05) is 38.3 Å². The Labute approximate surface area is 131 Å². The number of hydrogen-bond acceptors (Lipinski definition) is 4. The van der Waals surface area contributed by atoms with Gasteiger partial charge in [0.25, 0.3) is 5.91 Å². The third-order valence-corrected chi connectivity index (χ3v) is 3.91. The second-order valence-corrected chi connectivity index (χ2v) is 5.93. The molecule has 3 N–H and O–H groups in total. The van der Waals surface area contributed by atoms with Gasteiger partial charge in [-0.25, -0.2) is 0 Å². The molecule has 2 heterocycles. The largest absolute Gasteiger partial charge is 0.350 e. The molecule has 6 heteroatoms. The second-order valence-electron chi connectivity index (χ2n) is 5.93. The molecule has 2 amide bonds. The number of hydrogen-bond donors (Lipinski definition) is 2. The van der Waals surface area contributed by atoms with Crippen molar-refractivity contribution in [3.8, 4) is 0 Å². The van der Waals surface area contributed by atoms with Gasteiger partial charge in [-0.3, -0.25) is 14.6 Å². The lowest BCUT2D eigenvalue weighted by molar-refractivity contribution is -0.132. The van der Waals surface area contributed by atoms with Crippen LogP contribution in [0.5, 0.6) is 0 Å². The Morgan fingerprint density at radius 1 is 1.41 bits per heavy atom. The number of nitrogens with zero attached hydrogens (tertiary/aromatic N) is 2. The van der Waals surface area contributed by atoms with E-state index in [9.17, 15) is 9.59 Å². The van der Waals surface area contributed by atoms with Gasteiger partial charge in [0.15, 0.2) is 0 Å². The van der Waals surface area contributed by atoms with Gasteiger partial charge in [0.05, 0.1) is 0 Å². The predicted octanol–water partition coefficient (Wildman–Crippen LogP) is 0.787. The van der Waals surface area contributed by atoms with Gasteiger partial charge in [-0.15, -0.1) is 0 Å². The van der Waals surface area contributed by atoms with E-state index in [2.05, 4.69) is 10.3 Å². The first-order valence-corrected chi connectivity index (χ1v) is 7.79. The summed E-state index contributed by atoms with van der Waals surface area (Å²) in [5.74, 6) is 0.397. The highest BCUT2D eigenvalue weighted by Gasteiger charge is 2.23. The average Bonchev–Trinajstić information content (AvgIpc) is 2.53. The summed E-state index contributed by atoms with van der Waals surface area (Å²) in [6.45, 7) is 3.97. The Kier molecular flexibility index (Phi) is 5.89. The summed E-state index contributed by atoms with van der Waals surface area (Å²) in [5.41, 5.74) is 6.10. The van der Waals surface area contributed by atoms with Gasteiger partial charge in [-0.05, 0) is 37.8 Å². The van der Waals surface area contributed by atoms with Crippen molar-refractivity contribution in [2.24, 2.45) is 11.7 Å². The van der Waals surface area contributed by atoms with E-state index in [4.69, 9.17) is 5.73 Å². The fraction of sp³-hybridized carbons (Fsp3) is 0.562. The van der Waals surface area contributed by atoms with Gasteiger partial charge in [0.2, 0.25) is 5.91 Å². The molecule has 6 nitrogen and oxygen atoms in total. The number of nitrogens with one attached hydrogen (secondary N) is 1. The van der Waals surface area contributed by atoms with Gasteiger partial charge in [0.1, 0.15) is 5.69 Å². The maximum Gasteiger partial charge on any atom is 0.269 e. The zero-order valence-electron chi connectivity index (χ0n) is 13.0. The lowest BCUT2D eigenvalue weighted by Crippen LogP contribution is -2.43. The molecule has 1 unspecified atom stereocenters. The molecule has 2 rings (SSSR count). The molecule has 1 fully saturated rings. The maximum absolute atomic E-state index is 11.9. The summed E-state index contributed by atoms with van der Waals surface area (Å²) < 4.78 is 0. The molecule has 1 aliphatic rings. The van der Waals surface area contributed by atoms with Crippen LogP contribution in [0.25, 0.3) is 0 Å². The van der Waals surface area contributed by atoms with Crippen molar-refractivity contribution in [2.45, 2.75) is 32.2 Å². The van der Waals surface area contributed by atoms with E-state index in [1.807, 2.05) is 11.8 Å². The SMILES string of the molecule is CC(N)CC(=O)N1CCC(CNC(=O)c2ccccn2)CC1. The van der Waals surface area contributed by atoms with Crippen LogP contribution < -0.4 is 11.1 Å². The highest BCUT2D eigenvalue weighted by atomic mass is 16.2. The minimum absolute atomic E-state index is 0.0946. The van der Waals surface area contributed by atoms with E-state index >= 15 is 0 Å². The zero-order valence-corrected chi connectivity index (χ0v) is 13.0. The van der Waals surface area contributed by atoms with E-state index < -0.39 is 0 Å². The fourth-order valence-corrected chi connectivity index (χ4v) is 2.62. The highest BCUT2D eigenvalue weighted by molar-refractivity contribution is 5.92. The number of nitrogens with two attached hydrogens (primary N) is 1. The van der Waals surface area contributed by atoms with Crippen molar-refractivity contribution >= 4 is 11.8 Å². The van der Waals surface area contributed by atoms with Crippen LogP contribution in [-0.2, 0) is 4.79 Å². The average molecular weight is 304 g/mol. The molecule has 0 radical (unpaired) electrons. The first-order chi connectivity index (χ1) is 10.6. The summed E-state index contributed by atoms with van der Waals surface area (Å²) in [6.07, 6.45) is 3.83. The van der Waals surface area contributed by atoms with Crippen molar-refractivity contribution in [1.29, 1.82) is 0 Å². The number of likely N-dealkylation sites (tertiary alicyclic amines) is 1. The lowest BCUT2D eigenvalue weighted by Gasteiger charge is -2.32. The van der Waals surface area contributed by atoms with Crippen molar-refractivity contribution < 1.29 is 9.59 Å². The monoisotopic (exact) mass is 304 g/mol. The van der Waals surface area contributed by atoms with Crippen LogP contribution >= 0.6 is 0 Å². The van der Waals surface area contributed by atoms with E-state index in [1.54, 1.807) is 24.4 Å². The molecule has 1 aliphatic heterocycles. The quantitative estimate of drug-likeness (QED) is 0.841. The Morgan fingerprint density at radius 3 is 2.73 bits per heavy atom. The number of aromatic nitrogens is 1. The van der Waals surface area contributed by atoms with Crippen LogP contribution in [0, 0.1) is 5.92 Å². The summed E-state index contributed by atoms with van der Waals surface area (Å²) in [5, 5.41) is 2.92. The van der Waals surface area contributed by atoms with Crippen LogP contribution in [0.2, 0.25) is 0 Å². The molecule has 1 atom stereocenters. The summed E-state index contributed by atoms with van der Waals surface area (Å²) in [4.78, 5) is 29.8. The first kappa shape index (κ1) is 16.4. The Morgan fingerprint density at radius 2 is 2.14 bits per heavy atom. The molecule has 1 aromatic heterocycles. The summed E-state index contributed by atoms with van der Waals surface area (Å²) in [7, 11) is 0. The predicted molar refractivity (Wildman–Crippen MR) is 84.1 cm³/mol. The Hall–Kier alpha value is -1.95. The number of amides is 2. The van der Waals surface area contributed by atoms with Crippen LogP contribution in [0.4, 0.5) is 0 Å². The smallest absolute Gasteiger partial charge is 0.269 e. The summed E-state index contributed by atoms with van der Waals surface area (Å²) >= 11 is 0. The third-order valence-electron chi connectivity index (χ3n) is 3.91. The lowest BCUT2D eigenvalue weighted by atomic mass is 9.96. The summed E-state index contributed by atoms with van der Waals surface area (Å²) in [6, 6.07) is 5.18. The van der Waals surface area contributed by atoms with Gasteiger partial charge in [-0.1, -0.05) is 6.07 Å². The van der Waals surface area contributed by atoms with Crippen molar-refractivity contribution in [3.05, 3.63) is 30.1 Å². The third kappa shape index (κ3) is 4.80. The highest BCUT2D eigenvalue weighted by Crippen LogP contribution is 2.17. The molecule has 120 valence electrons. The Balaban J connectivity index is 1.72. The maximum atomic E-state index is 11.9. The number of carbonyl (C=O) groups is 2. The standard InChI is InChI=1S/C16H24N4O2/c1-12(17)10-15(21)20-8-5-13(6-9-20)11-19-16(22)14-4-2-3-7-18-14/h2-4,7,12-13H,5-6,8-11,17H2,1H3,(H,19,22). The molecule has 0 spiro atoms. The first-order valence-electron chi connectivity index (χ1n) is 7.79.